The molecule has 1 aliphatic rings. The lowest BCUT2D eigenvalue weighted by molar-refractivity contribution is 0.0784. The molecule has 0 unspecified atom stereocenters. The maximum atomic E-state index is 13.0. The van der Waals surface area contributed by atoms with Gasteiger partial charge in [-0.15, -0.1) is 0 Å². The first-order valence-corrected chi connectivity index (χ1v) is 10.4. The molecule has 2 aromatic heterocycles. The summed E-state index contributed by atoms with van der Waals surface area (Å²) in [5.41, 5.74) is 5.85. The molecule has 1 fully saturated rings. The molecule has 7 heteroatoms. The van der Waals surface area contributed by atoms with Gasteiger partial charge in [0.15, 0.2) is 0 Å². The standard InChI is InChI=1S/C22H27ClN4O2/c1-14-10-17(15(2)27(14)13-18-6-5-9-29-18)12-25(3)21(28)16-7-8-19-20(11-16)26(4)22(23)24-19/h7-8,10-11,18H,5-6,9,12-13H2,1-4H3/t18-/m1/s1. The Kier molecular flexibility index (Phi) is 5.40. The van der Waals surface area contributed by atoms with E-state index in [9.17, 15) is 4.79 Å². The second-order valence-electron chi connectivity index (χ2n) is 7.95. The van der Waals surface area contributed by atoms with Crippen LogP contribution in [0.3, 0.4) is 0 Å². The van der Waals surface area contributed by atoms with Crippen LogP contribution in [-0.2, 0) is 24.9 Å². The second-order valence-corrected chi connectivity index (χ2v) is 8.28. The highest BCUT2D eigenvalue weighted by atomic mass is 35.5. The average molecular weight is 415 g/mol. The van der Waals surface area contributed by atoms with Crippen LogP contribution in [0.2, 0.25) is 5.28 Å². The van der Waals surface area contributed by atoms with Crippen molar-refractivity contribution in [2.24, 2.45) is 7.05 Å². The summed E-state index contributed by atoms with van der Waals surface area (Å²) >= 11 is 6.09. The molecule has 6 nitrogen and oxygen atoms in total. The summed E-state index contributed by atoms with van der Waals surface area (Å²) in [5, 5.41) is 0.414. The normalized spacial score (nSPS) is 16.7. The SMILES string of the molecule is Cc1cc(CN(C)C(=O)c2ccc3nc(Cl)n(C)c3c2)c(C)n1C[C@H]1CCCO1. The number of amides is 1. The van der Waals surface area contributed by atoms with E-state index < -0.39 is 0 Å². The highest BCUT2D eigenvalue weighted by Crippen LogP contribution is 2.23. The number of aromatic nitrogens is 3. The fraction of sp³-hybridized carbons (Fsp3) is 0.455. The molecule has 3 aromatic rings. The molecule has 29 heavy (non-hydrogen) atoms. The van der Waals surface area contributed by atoms with Crippen molar-refractivity contribution in [2.45, 2.75) is 45.9 Å². The van der Waals surface area contributed by atoms with Crippen molar-refractivity contribution in [3.63, 3.8) is 0 Å². The molecular formula is C22H27ClN4O2. The zero-order chi connectivity index (χ0) is 20.7. The van der Waals surface area contributed by atoms with Gasteiger partial charge in [0, 0.05) is 50.7 Å². The molecule has 0 bridgehead atoms. The molecule has 1 atom stereocenters. The van der Waals surface area contributed by atoms with E-state index in [2.05, 4.69) is 29.5 Å². The van der Waals surface area contributed by atoms with Crippen molar-refractivity contribution in [3.05, 3.63) is 52.1 Å². The van der Waals surface area contributed by atoms with Gasteiger partial charge in [0.05, 0.1) is 17.1 Å². The van der Waals surface area contributed by atoms with Crippen LogP contribution in [0.25, 0.3) is 11.0 Å². The van der Waals surface area contributed by atoms with Gasteiger partial charge in [-0.3, -0.25) is 4.79 Å². The lowest BCUT2D eigenvalue weighted by Crippen LogP contribution is -2.26. The summed E-state index contributed by atoms with van der Waals surface area (Å²) in [6, 6.07) is 7.69. The summed E-state index contributed by atoms with van der Waals surface area (Å²) in [6.07, 6.45) is 2.55. The van der Waals surface area contributed by atoms with E-state index >= 15 is 0 Å². The molecule has 3 heterocycles. The van der Waals surface area contributed by atoms with Crippen LogP contribution < -0.4 is 0 Å². The van der Waals surface area contributed by atoms with Crippen LogP contribution in [0.1, 0.15) is 40.2 Å². The van der Waals surface area contributed by atoms with Crippen molar-refractivity contribution in [2.75, 3.05) is 13.7 Å². The summed E-state index contributed by atoms with van der Waals surface area (Å²) < 4.78 is 9.89. The third kappa shape index (κ3) is 3.79. The fourth-order valence-electron chi connectivity index (χ4n) is 4.15. The Morgan fingerprint density at radius 2 is 2.14 bits per heavy atom. The van der Waals surface area contributed by atoms with Crippen LogP contribution >= 0.6 is 11.6 Å². The summed E-state index contributed by atoms with van der Waals surface area (Å²) in [6.45, 7) is 6.55. The maximum absolute atomic E-state index is 13.0. The lowest BCUT2D eigenvalue weighted by atomic mass is 10.1. The predicted molar refractivity (Wildman–Crippen MR) is 114 cm³/mol. The topological polar surface area (TPSA) is 52.3 Å². The van der Waals surface area contributed by atoms with E-state index in [1.807, 2.05) is 32.3 Å². The molecule has 4 rings (SSSR count). The van der Waals surface area contributed by atoms with Gasteiger partial charge < -0.3 is 18.8 Å². The number of halogens is 1. The van der Waals surface area contributed by atoms with Crippen LogP contribution in [-0.4, -0.2) is 44.7 Å². The smallest absolute Gasteiger partial charge is 0.253 e. The minimum absolute atomic E-state index is 0.0202. The molecule has 154 valence electrons. The predicted octanol–water partition coefficient (Wildman–Crippen LogP) is 4.10. The van der Waals surface area contributed by atoms with Crippen LogP contribution in [0.5, 0.6) is 0 Å². The Bertz CT molecular complexity index is 1060. The first-order valence-electron chi connectivity index (χ1n) is 10.00. The summed E-state index contributed by atoms with van der Waals surface area (Å²) in [5.74, 6) is -0.0202. The van der Waals surface area contributed by atoms with Crippen LogP contribution in [0.4, 0.5) is 0 Å². The van der Waals surface area contributed by atoms with Crippen LogP contribution in [0.15, 0.2) is 24.3 Å². The van der Waals surface area contributed by atoms with Crippen molar-refractivity contribution in [3.8, 4) is 0 Å². The molecule has 1 saturated heterocycles. The number of fused-ring (bicyclic) bond motifs is 1. The molecule has 0 spiro atoms. The molecule has 0 aliphatic carbocycles. The van der Waals surface area contributed by atoms with E-state index in [1.165, 1.54) is 17.0 Å². The third-order valence-corrected chi connectivity index (χ3v) is 6.25. The number of aryl methyl sites for hydroxylation is 2. The van der Waals surface area contributed by atoms with Gasteiger partial charge in [-0.1, -0.05) is 0 Å². The first kappa shape index (κ1) is 20.0. The third-order valence-electron chi connectivity index (χ3n) is 5.92. The molecule has 0 radical (unpaired) electrons. The van der Waals surface area contributed by atoms with E-state index in [1.54, 1.807) is 9.47 Å². The van der Waals surface area contributed by atoms with Gasteiger partial charge in [-0.25, -0.2) is 4.98 Å². The quantitative estimate of drug-likeness (QED) is 0.631. The van der Waals surface area contributed by atoms with Gasteiger partial charge >= 0.3 is 0 Å². The number of ether oxygens (including phenoxy) is 1. The minimum Gasteiger partial charge on any atom is -0.376 e. The second kappa shape index (κ2) is 7.84. The Balaban J connectivity index is 1.52. The van der Waals surface area contributed by atoms with E-state index in [-0.39, 0.29) is 5.91 Å². The zero-order valence-electron chi connectivity index (χ0n) is 17.4. The van der Waals surface area contributed by atoms with Crippen molar-refractivity contribution >= 4 is 28.5 Å². The van der Waals surface area contributed by atoms with Gasteiger partial charge in [0.2, 0.25) is 5.28 Å². The number of imidazole rings is 1. The van der Waals surface area contributed by atoms with Crippen molar-refractivity contribution in [1.29, 1.82) is 0 Å². The number of rotatable bonds is 5. The van der Waals surface area contributed by atoms with Gasteiger partial charge in [0.1, 0.15) is 0 Å². The van der Waals surface area contributed by atoms with E-state index in [4.69, 9.17) is 16.3 Å². The highest BCUT2D eigenvalue weighted by molar-refractivity contribution is 6.29. The van der Waals surface area contributed by atoms with Crippen LogP contribution in [0, 0.1) is 13.8 Å². The molecule has 0 N–H and O–H groups in total. The Hall–Kier alpha value is -2.31. The molecule has 1 amide bonds. The van der Waals surface area contributed by atoms with Gasteiger partial charge in [0.25, 0.3) is 5.91 Å². The monoisotopic (exact) mass is 414 g/mol. The summed E-state index contributed by atoms with van der Waals surface area (Å²) in [7, 11) is 3.69. The number of hydrogen-bond donors (Lipinski definition) is 0. The van der Waals surface area contributed by atoms with E-state index in [0.717, 1.165) is 37.0 Å². The van der Waals surface area contributed by atoms with E-state index in [0.29, 0.717) is 23.5 Å². The zero-order valence-corrected chi connectivity index (χ0v) is 18.2. The fourth-order valence-corrected chi connectivity index (χ4v) is 4.33. The average Bonchev–Trinajstić information content (AvgIpc) is 3.38. The maximum Gasteiger partial charge on any atom is 0.253 e. The highest BCUT2D eigenvalue weighted by Gasteiger charge is 2.21. The number of hydrogen-bond acceptors (Lipinski definition) is 3. The largest absolute Gasteiger partial charge is 0.376 e. The van der Waals surface area contributed by atoms with Crippen molar-refractivity contribution in [1.82, 2.24) is 19.0 Å². The number of carbonyl (C=O) groups is 1. The molecular weight excluding hydrogens is 388 g/mol. The first-order chi connectivity index (χ1) is 13.8. The Labute approximate surface area is 176 Å². The van der Waals surface area contributed by atoms with Crippen molar-refractivity contribution < 1.29 is 9.53 Å². The Morgan fingerprint density at radius 3 is 2.86 bits per heavy atom. The summed E-state index contributed by atoms with van der Waals surface area (Å²) in [4.78, 5) is 19.1. The minimum atomic E-state index is -0.0202. The van der Waals surface area contributed by atoms with Gasteiger partial charge in [-0.05, 0) is 68.1 Å². The Morgan fingerprint density at radius 1 is 1.34 bits per heavy atom. The molecule has 1 aliphatic heterocycles. The molecule has 1 aromatic carbocycles. The number of benzene rings is 1. The molecule has 0 saturated carbocycles. The number of carbonyl (C=O) groups excluding carboxylic acids is 1. The van der Waals surface area contributed by atoms with Gasteiger partial charge in [-0.2, -0.15) is 0 Å². The number of nitrogens with zero attached hydrogens (tertiary/aromatic N) is 4. The lowest BCUT2D eigenvalue weighted by Gasteiger charge is -2.18.